The van der Waals surface area contributed by atoms with Crippen LogP contribution in [0.3, 0.4) is 0 Å². The van der Waals surface area contributed by atoms with Gasteiger partial charge in [0.1, 0.15) is 11.9 Å². The number of allylic oxidation sites excluding steroid dienone is 1. The lowest BCUT2D eigenvalue weighted by Crippen LogP contribution is -2.48. The number of halogens is 1. The highest BCUT2D eigenvalue weighted by molar-refractivity contribution is 5.76. The van der Waals surface area contributed by atoms with Crippen molar-refractivity contribution in [3.8, 4) is 11.1 Å². The van der Waals surface area contributed by atoms with Crippen LogP contribution >= 0.6 is 0 Å². The number of amides is 1. The van der Waals surface area contributed by atoms with E-state index in [9.17, 15) is 14.0 Å². The van der Waals surface area contributed by atoms with Gasteiger partial charge < -0.3 is 10.1 Å². The van der Waals surface area contributed by atoms with Crippen LogP contribution < -0.4 is 5.32 Å². The van der Waals surface area contributed by atoms with Crippen molar-refractivity contribution in [1.29, 1.82) is 0 Å². The molecule has 6 heteroatoms. The summed E-state index contributed by atoms with van der Waals surface area (Å²) in [5.41, 5.74) is 2.50. The second-order valence-electron chi connectivity index (χ2n) is 10.1. The van der Waals surface area contributed by atoms with Gasteiger partial charge >= 0.3 is 5.97 Å². The summed E-state index contributed by atoms with van der Waals surface area (Å²) in [5.74, 6) is 0.850. The highest BCUT2D eigenvalue weighted by Crippen LogP contribution is 2.53. The van der Waals surface area contributed by atoms with Crippen molar-refractivity contribution < 1.29 is 18.7 Å². The molecule has 5 nitrogen and oxygen atoms in total. The molecule has 1 aromatic carbocycles. The van der Waals surface area contributed by atoms with E-state index < -0.39 is 0 Å². The molecule has 0 bridgehead atoms. The molecule has 1 N–H and O–H groups in total. The topological polar surface area (TPSA) is 68.3 Å². The molecule has 0 spiro atoms. The Kier molecular flexibility index (Phi) is 6.24. The summed E-state index contributed by atoms with van der Waals surface area (Å²) in [5, 5.41) is 3.08. The Hall–Kier alpha value is -3.02. The highest BCUT2D eigenvalue weighted by atomic mass is 19.1. The molecule has 3 aliphatic rings. The largest absolute Gasteiger partial charge is 0.462 e. The lowest BCUT2D eigenvalue weighted by Gasteiger charge is -2.47. The van der Waals surface area contributed by atoms with Gasteiger partial charge in [-0.25, -0.2) is 4.39 Å². The van der Waals surface area contributed by atoms with Crippen molar-refractivity contribution >= 4 is 18.0 Å². The molecule has 0 radical (unpaired) electrons. The van der Waals surface area contributed by atoms with Crippen LogP contribution in [-0.4, -0.2) is 29.0 Å². The number of aromatic nitrogens is 1. The Bertz CT molecular complexity index is 1100. The summed E-state index contributed by atoms with van der Waals surface area (Å²) in [6.07, 6.45) is 9.71. The van der Waals surface area contributed by atoms with Gasteiger partial charge in [-0.3, -0.25) is 14.6 Å². The van der Waals surface area contributed by atoms with Crippen molar-refractivity contribution in [2.24, 2.45) is 29.6 Å². The molecular formula is C28H31FN2O3. The number of ether oxygens (including phenoxy) is 1. The molecule has 1 aromatic heterocycles. The maximum absolute atomic E-state index is 13.6. The number of nitrogens with zero attached hydrogens (tertiary/aromatic N) is 1. The van der Waals surface area contributed by atoms with Crippen LogP contribution in [-0.2, 0) is 14.3 Å². The van der Waals surface area contributed by atoms with Crippen LogP contribution in [0.25, 0.3) is 17.2 Å². The van der Waals surface area contributed by atoms with Gasteiger partial charge in [-0.15, -0.1) is 0 Å². The molecule has 1 amide bonds. The summed E-state index contributed by atoms with van der Waals surface area (Å²) in [7, 11) is 0. The van der Waals surface area contributed by atoms with E-state index in [4.69, 9.17) is 4.74 Å². The predicted molar refractivity (Wildman–Crippen MR) is 128 cm³/mol. The number of carbonyl (C=O) groups is 2. The van der Waals surface area contributed by atoms with E-state index in [-0.39, 0.29) is 47.6 Å². The Balaban J connectivity index is 1.37. The highest BCUT2D eigenvalue weighted by Gasteiger charge is 2.54. The number of benzene rings is 1. The number of hydrogen-bond acceptors (Lipinski definition) is 4. The number of pyridine rings is 1. The van der Waals surface area contributed by atoms with Gasteiger partial charge in [-0.05, 0) is 80.2 Å². The molecule has 7 atom stereocenters. The first-order valence-corrected chi connectivity index (χ1v) is 12.3. The third-order valence-corrected chi connectivity index (χ3v) is 7.99. The van der Waals surface area contributed by atoms with Gasteiger partial charge in [0.25, 0.3) is 0 Å². The molecule has 5 rings (SSSR count). The van der Waals surface area contributed by atoms with Crippen molar-refractivity contribution in [2.45, 2.75) is 51.7 Å². The zero-order chi connectivity index (χ0) is 23.8. The average Bonchev–Trinajstić information content (AvgIpc) is 3.09. The average molecular weight is 463 g/mol. The first kappa shape index (κ1) is 22.8. The number of esters is 1. The third kappa shape index (κ3) is 4.50. The second-order valence-corrected chi connectivity index (χ2v) is 10.1. The zero-order valence-electron chi connectivity index (χ0n) is 19.6. The minimum atomic E-state index is -0.265. The van der Waals surface area contributed by atoms with Gasteiger partial charge in [-0.1, -0.05) is 24.3 Å². The van der Waals surface area contributed by atoms with Crippen LogP contribution in [0.4, 0.5) is 4.39 Å². The van der Waals surface area contributed by atoms with Crippen molar-refractivity contribution in [1.82, 2.24) is 10.3 Å². The summed E-state index contributed by atoms with van der Waals surface area (Å²) in [4.78, 5) is 28.8. The zero-order valence-corrected chi connectivity index (χ0v) is 19.6. The quantitative estimate of drug-likeness (QED) is 0.648. The molecule has 2 saturated carbocycles. The maximum atomic E-state index is 13.6. The van der Waals surface area contributed by atoms with Crippen molar-refractivity contribution in [3.63, 3.8) is 0 Å². The number of fused-ring (bicyclic) bond motifs is 2. The van der Waals surface area contributed by atoms with Crippen LogP contribution in [0.2, 0.25) is 0 Å². The van der Waals surface area contributed by atoms with Gasteiger partial charge in [-0.2, -0.15) is 0 Å². The molecule has 3 fully saturated rings. The van der Waals surface area contributed by atoms with Gasteiger partial charge in [0.2, 0.25) is 5.91 Å². The summed E-state index contributed by atoms with van der Waals surface area (Å²) in [6.45, 7) is 3.58. The minimum Gasteiger partial charge on any atom is -0.462 e. The van der Waals surface area contributed by atoms with Crippen LogP contribution in [0.15, 0.2) is 48.7 Å². The molecule has 178 valence electrons. The standard InChI is InChI=1S/C28H31FN2O3/c1-16-27-25(11-8-22-7-6-19(15-30-22)18-4-3-5-21(29)12-18)24-10-9-23(31-17(2)32)13-20(24)14-26(27)28(33)34-16/h3-8,11-12,15-16,20,23-27H,9-10,13-14H2,1-2H3,(H,31,32)/b11-8+/t16-,20+,23-,24-,25?,26-,27+/m1/s1. The molecule has 2 heterocycles. The van der Waals surface area contributed by atoms with E-state index in [1.165, 1.54) is 12.1 Å². The van der Waals surface area contributed by atoms with E-state index in [1.54, 1.807) is 19.2 Å². The SMILES string of the molecule is CC(=O)N[C@@H]1CC[C@H]2C(/C=C/c3ccc(-c4cccc(F)c4)cn3)[C@@H]3[C@@H](C)OC(=O)[C@@H]3C[C@@H]2C1. The molecule has 2 aromatic rings. The Morgan fingerprint density at radius 3 is 2.76 bits per heavy atom. The molecule has 1 unspecified atom stereocenters. The van der Waals surface area contributed by atoms with Crippen molar-refractivity contribution in [2.75, 3.05) is 0 Å². The van der Waals surface area contributed by atoms with E-state index >= 15 is 0 Å². The van der Waals surface area contributed by atoms with Crippen molar-refractivity contribution in [3.05, 3.63) is 60.2 Å². The lowest BCUT2D eigenvalue weighted by molar-refractivity contribution is -0.144. The van der Waals surface area contributed by atoms with Crippen LogP contribution in [0.1, 0.15) is 45.2 Å². The summed E-state index contributed by atoms with van der Waals surface area (Å²) >= 11 is 0. The molecule has 34 heavy (non-hydrogen) atoms. The monoisotopic (exact) mass is 462 g/mol. The maximum Gasteiger partial charge on any atom is 0.309 e. The van der Waals surface area contributed by atoms with E-state index in [1.807, 2.05) is 25.1 Å². The number of cyclic esters (lactones) is 1. The summed E-state index contributed by atoms with van der Waals surface area (Å²) < 4.78 is 19.2. The van der Waals surface area contributed by atoms with E-state index in [0.717, 1.165) is 42.5 Å². The molecular weight excluding hydrogens is 431 g/mol. The Morgan fingerprint density at radius 1 is 1.18 bits per heavy atom. The number of rotatable bonds is 4. The van der Waals surface area contributed by atoms with Crippen LogP contribution in [0.5, 0.6) is 0 Å². The fraction of sp³-hybridized carbons (Fsp3) is 0.464. The molecule has 2 aliphatic carbocycles. The lowest BCUT2D eigenvalue weighted by atomic mass is 9.57. The fourth-order valence-electron chi connectivity index (χ4n) is 6.59. The van der Waals surface area contributed by atoms with E-state index in [2.05, 4.69) is 22.5 Å². The third-order valence-electron chi connectivity index (χ3n) is 7.99. The summed E-state index contributed by atoms with van der Waals surface area (Å²) in [6, 6.07) is 10.6. The predicted octanol–water partition coefficient (Wildman–Crippen LogP) is 5.02. The van der Waals surface area contributed by atoms with E-state index in [0.29, 0.717) is 11.8 Å². The molecule has 1 aliphatic heterocycles. The number of hydrogen-bond donors (Lipinski definition) is 1. The smallest absolute Gasteiger partial charge is 0.309 e. The van der Waals surface area contributed by atoms with Gasteiger partial charge in [0.05, 0.1) is 11.6 Å². The number of carbonyl (C=O) groups excluding carboxylic acids is 2. The Morgan fingerprint density at radius 2 is 2.03 bits per heavy atom. The van der Waals surface area contributed by atoms with Crippen LogP contribution in [0, 0.1) is 35.4 Å². The normalized spacial score (nSPS) is 32.7. The minimum absolute atomic E-state index is 0.00948. The molecule has 1 saturated heterocycles. The first-order chi connectivity index (χ1) is 16.4. The number of nitrogens with one attached hydrogen (secondary N) is 1. The fourth-order valence-corrected chi connectivity index (χ4v) is 6.59. The Labute approximate surface area is 199 Å². The van der Waals surface area contributed by atoms with Gasteiger partial charge in [0.15, 0.2) is 0 Å². The van der Waals surface area contributed by atoms with Gasteiger partial charge in [0, 0.05) is 30.6 Å². The first-order valence-electron chi connectivity index (χ1n) is 12.3. The second kappa shape index (κ2) is 9.32.